The summed E-state index contributed by atoms with van der Waals surface area (Å²) >= 11 is 1.40. The zero-order chi connectivity index (χ0) is 10.7. The van der Waals surface area contributed by atoms with Crippen LogP contribution in [-0.4, -0.2) is 50.1 Å². The van der Waals surface area contributed by atoms with Crippen molar-refractivity contribution in [3.05, 3.63) is 0 Å². The summed E-state index contributed by atoms with van der Waals surface area (Å²) in [7, 11) is 0. The SMILES string of the molecule is CCCC[CH2][Na].O=C(O)CC(=O)O. The van der Waals surface area contributed by atoms with Crippen molar-refractivity contribution in [3.8, 4) is 0 Å². The summed E-state index contributed by atoms with van der Waals surface area (Å²) in [4.78, 5) is 18.9. The summed E-state index contributed by atoms with van der Waals surface area (Å²) < 4.78 is 1.49. The molecule has 0 aromatic carbocycles. The molecule has 13 heavy (non-hydrogen) atoms. The van der Waals surface area contributed by atoms with E-state index in [1.165, 1.54) is 50.9 Å². The standard InChI is InChI=1S/C5H11.C3H4O4.Na/c1-3-5-4-2;4-2(5)1-3(6)7;/h1,3-5H2,2H3;1H2,(H,4,5)(H,6,7);. The summed E-state index contributed by atoms with van der Waals surface area (Å²) in [6, 6.07) is 0. The van der Waals surface area contributed by atoms with E-state index >= 15 is 0 Å². The van der Waals surface area contributed by atoms with Gasteiger partial charge in [-0.15, -0.1) is 0 Å². The maximum Gasteiger partial charge on any atom is 0.314 e. The van der Waals surface area contributed by atoms with E-state index in [1.54, 1.807) is 0 Å². The molecule has 5 heteroatoms. The molecule has 0 aromatic rings. The van der Waals surface area contributed by atoms with Crippen LogP contribution in [0.3, 0.4) is 0 Å². The number of hydrogen-bond acceptors (Lipinski definition) is 2. The molecule has 0 saturated heterocycles. The fourth-order valence-electron chi connectivity index (χ4n) is 0.629. The first-order valence-corrected chi connectivity index (χ1v) is 5.89. The van der Waals surface area contributed by atoms with Gasteiger partial charge in [0.1, 0.15) is 6.42 Å². The first kappa shape index (κ1) is 15.4. The van der Waals surface area contributed by atoms with Gasteiger partial charge >= 0.3 is 69.7 Å². The predicted octanol–water partition coefficient (Wildman–Crippen LogP) is 1.31. The van der Waals surface area contributed by atoms with E-state index in [1.807, 2.05) is 0 Å². The normalized spacial score (nSPS) is 8.54. The Balaban J connectivity index is 0. The molecule has 0 saturated carbocycles. The fraction of sp³-hybridized carbons (Fsp3) is 0.750. The van der Waals surface area contributed by atoms with Crippen LogP contribution in [0, 0.1) is 0 Å². The molecule has 0 aliphatic carbocycles. The van der Waals surface area contributed by atoms with Crippen LogP contribution in [0.15, 0.2) is 0 Å². The molecule has 0 bridgehead atoms. The average molecular weight is 198 g/mol. The van der Waals surface area contributed by atoms with Crippen LogP contribution in [0.5, 0.6) is 0 Å². The van der Waals surface area contributed by atoms with Gasteiger partial charge in [-0.1, -0.05) is 0 Å². The topological polar surface area (TPSA) is 74.6 Å². The summed E-state index contributed by atoms with van der Waals surface area (Å²) in [5, 5.41) is 15.4. The summed E-state index contributed by atoms with van der Waals surface area (Å²) in [6.07, 6.45) is 3.49. The molecule has 0 aliphatic heterocycles. The third-order valence-corrected chi connectivity index (χ3v) is 1.97. The van der Waals surface area contributed by atoms with Crippen LogP contribution >= 0.6 is 0 Å². The molecule has 0 spiro atoms. The third kappa shape index (κ3) is 24.5. The maximum absolute atomic E-state index is 9.43. The van der Waals surface area contributed by atoms with E-state index in [0.29, 0.717) is 0 Å². The average Bonchev–Trinajstić information content (AvgIpc) is 1.99. The van der Waals surface area contributed by atoms with Crippen LogP contribution in [0.4, 0.5) is 0 Å². The van der Waals surface area contributed by atoms with E-state index in [4.69, 9.17) is 10.2 Å². The largest absolute Gasteiger partial charge is 0.481 e. The Kier molecular flexibility index (Phi) is 14.2. The van der Waals surface area contributed by atoms with Crippen LogP contribution in [-0.2, 0) is 9.59 Å². The fourth-order valence-corrected chi connectivity index (χ4v) is 1.13. The minimum absolute atomic E-state index is 0.806. The number of rotatable bonds is 5. The molecular formula is C8H15NaO4. The molecule has 0 unspecified atom stereocenters. The quantitative estimate of drug-likeness (QED) is 0.396. The number of carboxylic acid groups (broad SMARTS) is 2. The van der Waals surface area contributed by atoms with Gasteiger partial charge < -0.3 is 10.2 Å². The third-order valence-electron chi connectivity index (χ3n) is 1.26. The number of hydrogen-bond donors (Lipinski definition) is 2. The van der Waals surface area contributed by atoms with Crippen molar-refractivity contribution in [3.63, 3.8) is 0 Å². The second kappa shape index (κ2) is 11.9. The predicted molar refractivity (Wildman–Crippen MR) is 50.0 cm³/mol. The maximum atomic E-state index is 9.43. The summed E-state index contributed by atoms with van der Waals surface area (Å²) in [5.41, 5.74) is 0. The van der Waals surface area contributed by atoms with Gasteiger partial charge in [-0.3, -0.25) is 9.59 Å². The Morgan fingerprint density at radius 1 is 1.15 bits per heavy atom. The molecule has 0 amide bonds. The van der Waals surface area contributed by atoms with Gasteiger partial charge in [0.25, 0.3) is 0 Å². The molecule has 0 rings (SSSR count). The number of unbranched alkanes of at least 4 members (excludes halogenated alkanes) is 2. The molecule has 2 N–H and O–H groups in total. The molecule has 0 aromatic heterocycles. The van der Waals surface area contributed by atoms with Crippen LogP contribution in [0.25, 0.3) is 0 Å². The smallest absolute Gasteiger partial charge is 0.314 e. The van der Waals surface area contributed by atoms with Crippen molar-refractivity contribution >= 4 is 39.9 Å². The van der Waals surface area contributed by atoms with Gasteiger partial charge in [-0.25, -0.2) is 0 Å². The van der Waals surface area contributed by atoms with E-state index in [9.17, 15) is 9.59 Å². The van der Waals surface area contributed by atoms with Crippen molar-refractivity contribution in [1.82, 2.24) is 0 Å². The molecule has 72 valence electrons. The van der Waals surface area contributed by atoms with Gasteiger partial charge in [0.2, 0.25) is 0 Å². The Morgan fingerprint density at radius 3 is 1.69 bits per heavy atom. The first-order valence-electron chi connectivity index (χ1n) is 4.48. The van der Waals surface area contributed by atoms with Crippen molar-refractivity contribution in [2.75, 3.05) is 0 Å². The number of carboxylic acids is 2. The molecular weight excluding hydrogens is 183 g/mol. The molecule has 4 nitrogen and oxygen atoms in total. The number of aliphatic carboxylic acids is 2. The second-order valence-corrected chi connectivity index (χ2v) is 3.67. The van der Waals surface area contributed by atoms with Crippen LogP contribution in [0.1, 0.15) is 32.6 Å². The molecule has 0 aliphatic rings. The van der Waals surface area contributed by atoms with Gasteiger partial charge in [0, 0.05) is 0 Å². The Hall–Kier alpha value is -0.0600. The second-order valence-electron chi connectivity index (χ2n) is 2.67. The van der Waals surface area contributed by atoms with Gasteiger partial charge in [-0.05, 0) is 0 Å². The van der Waals surface area contributed by atoms with Gasteiger partial charge in [-0.2, -0.15) is 0 Å². The molecule has 0 fully saturated rings. The molecule has 0 heterocycles. The number of carbonyl (C=O) groups is 2. The zero-order valence-electron chi connectivity index (χ0n) is 8.25. The monoisotopic (exact) mass is 198 g/mol. The van der Waals surface area contributed by atoms with Gasteiger partial charge in [0.15, 0.2) is 0 Å². The Labute approximate surface area is 95.7 Å². The van der Waals surface area contributed by atoms with Gasteiger partial charge in [0.05, 0.1) is 0 Å². The first-order chi connectivity index (χ1) is 6.04. The van der Waals surface area contributed by atoms with E-state index in [2.05, 4.69) is 6.92 Å². The zero-order valence-corrected chi connectivity index (χ0v) is 10.2. The van der Waals surface area contributed by atoms with E-state index in [-0.39, 0.29) is 0 Å². The summed E-state index contributed by atoms with van der Waals surface area (Å²) in [5.74, 6) is -2.62. The van der Waals surface area contributed by atoms with Crippen LogP contribution < -0.4 is 0 Å². The Bertz CT molecular complexity index is 131. The molecule has 0 radical (unpaired) electrons. The van der Waals surface area contributed by atoms with Crippen LogP contribution in [0.2, 0.25) is 3.67 Å². The van der Waals surface area contributed by atoms with E-state index in [0.717, 1.165) is 0 Å². The summed E-state index contributed by atoms with van der Waals surface area (Å²) in [6.45, 7) is 2.25. The Morgan fingerprint density at radius 2 is 1.62 bits per heavy atom. The van der Waals surface area contributed by atoms with Crippen molar-refractivity contribution in [2.24, 2.45) is 0 Å². The van der Waals surface area contributed by atoms with E-state index < -0.39 is 18.4 Å². The van der Waals surface area contributed by atoms with Crippen molar-refractivity contribution in [1.29, 1.82) is 0 Å². The minimum Gasteiger partial charge on any atom is -0.481 e. The molecule has 0 atom stereocenters. The minimum atomic E-state index is -1.31. The van der Waals surface area contributed by atoms with Crippen molar-refractivity contribution < 1.29 is 19.8 Å². The van der Waals surface area contributed by atoms with Crippen molar-refractivity contribution in [2.45, 2.75) is 36.3 Å².